The van der Waals surface area contributed by atoms with Crippen LogP contribution in [0.15, 0.2) is 52.4 Å². The summed E-state index contributed by atoms with van der Waals surface area (Å²) in [6.07, 6.45) is 0. The van der Waals surface area contributed by atoms with Crippen LogP contribution in [0.1, 0.15) is 17.3 Å². The number of carbonyl (C=O) groups is 1. The summed E-state index contributed by atoms with van der Waals surface area (Å²) in [6, 6.07) is 10.1. The number of sulfone groups is 1. The summed E-state index contributed by atoms with van der Waals surface area (Å²) in [5.74, 6) is -0.832. The van der Waals surface area contributed by atoms with Crippen molar-refractivity contribution in [2.24, 2.45) is 12.0 Å². The Morgan fingerprint density at radius 3 is 2.52 bits per heavy atom. The zero-order chi connectivity index (χ0) is 18.2. The molecule has 0 aliphatic rings. The molecule has 0 atom stereocenters. The van der Waals surface area contributed by atoms with E-state index in [0.717, 1.165) is 5.52 Å². The number of carbonyl (C=O) groups excluding carboxylic acids is 1. The minimum absolute atomic E-state index is 0.00114. The second-order valence-corrected chi connectivity index (χ2v) is 8.69. The quantitative estimate of drug-likeness (QED) is 0.704. The molecule has 25 heavy (non-hydrogen) atoms. The number of fused-ring (bicyclic) bond motifs is 1. The topological polar surface area (TPSA) is 68.5 Å². The van der Waals surface area contributed by atoms with Crippen LogP contribution in [0.5, 0.6) is 0 Å². The molecule has 5 nitrogen and oxygen atoms in total. The summed E-state index contributed by atoms with van der Waals surface area (Å²) in [5.41, 5.74) is 1.07. The lowest BCUT2D eigenvalue weighted by molar-refractivity contribution is 0.0998. The van der Waals surface area contributed by atoms with Crippen molar-refractivity contribution in [3.63, 3.8) is 0 Å². The number of halogens is 1. The Hall–Kier alpha value is -2.32. The van der Waals surface area contributed by atoms with Gasteiger partial charge >= 0.3 is 0 Å². The molecule has 0 spiro atoms. The summed E-state index contributed by atoms with van der Waals surface area (Å²) in [7, 11) is -1.56. The number of benzene rings is 2. The fourth-order valence-corrected chi connectivity index (χ4v) is 4.26. The third-order valence-electron chi connectivity index (χ3n) is 3.81. The molecule has 0 saturated heterocycles. The Balaban J connectivity index is 1.99. The van der Waals surface area contributed by atoms with Crippen LogP contribution in [0, 0.1) is 5.82 Å². The van der Waals surface area contributed by atoms with Gasteiger partial charge in [0.15, 0.2) is 14.6 Å². The van der Waals surface area contributed by atoms with E-state index in [4.69, 9.17) is 0 Å². The number of hydrogen-bond acceptors (Lipinski definition) is 4. The molecule has 1 aromatic heterocycles. The van der Waals surface area contributed by atoms with Gasteiger partial charge in [0, 0.05) is 12.6 Å². The van der Waals surface area contributed by atoms with Gasteiger partial charge in [-0.3, -0.25) is 4.79 Å². The van der Waals surface area contributed by atoms with Gasteiger partial charge in [-0.05, 0) is 42.5 Å². The average Bonchev–Trinajstić information content (AvgIpc) is 2.90. The number of aryl methyl sites for hydroxylation is 1. The molecule has 3 aromatic rings. The second-order valence-electron chi connectivity index (χ2n) is 5.40. The first-order valence-corrected chi connectivity index (χ1v) is 9.95. The van der Waals surface area contributed by atoms with Crippen molar-refractivity contribution >= 4 is 37.3 Å². The van der Waals surface area contributed by atoms with Gasteiger partial charge in [-0.15, -0.1) is 0 Å². The van der Waals surface area contributed by atoms with E-state index < -0.39 is 15.7 Å². The van der Waals surface area contributed by atoms with E-state index in [-0.39, 0.29) is 16.5 Å². The first kappa shape index (κ1) is 17.5. The number of nitrogens with zero attached hydrogens (tertiary/aromatic N) is 2. The van der Waals surface area contributed by atoms with Crippen LogP contribution in [0.2, 0.25) is 0 Å². The predicted octanol–water partition coefficient (Wildman–Crippen LogP) is 2.91. The van der Waals surface area contributed by atoms with Crippen LogP contribution in [0.3, 0.4) is 0 Å². The van der Waals surface area contributed by atoms with Gasteiger partial charge in [-0.1, -0.05) is 18.3 Å². The van der Waals surface area contributed by atoms with E-state index in [9.17, 15) is 17.6 Å². The molecule has 0 radical (unpaired) electrons. The molecule has 0 unspecified atom stereocenters. The monoisotopic (exact) mass is 378 g/mol. The smallest absolute Gasteiger partial charge is 0.279 e. The number of amides is 1. The third kappa shape index (κ3) is 3.40. The van der Waals surface area contributed by atoms with Gasteiger partial charge in [-0.25, -0.2) is 12.8 Å². The van der Waals surface area contributed by atoms with Gasteiger partial charge in [-0.2, -0.15) is 4.99 Å². The number of rotatable bonds is 3. The molecule has 0 saturated carbocycles. The maximum absolute atomic E-state index is 13.3. The Kier molecular flexibility index (Phi) is 4.57. The van der Waals surface area contributed by atoms with Crippen LogP contribution >= 0.6 is 11.3 Å². The van der Waals surface area contributed by atoms with Gasteiger partial charge in [0.1, 0.15) is 5.82 Å². The maximum Gasteiger partial charge on any atom is 0.279 e. The normalized spacial score (nSPS) is 12.7. The highest BCUT2D eigenvalue weighted by atomic mass is 32.2. The molecule has 0 fully saturated rings. The van der Waals surface area contributed by atoms with Crippen LogP contribution in [-0.2, 0) is 16.9 Å². The van der Waals surface area contributed by atoms with Gasteiger partial charge < -0.3 is 4.57 Å². The fraction of sp³-hybridized carbons (Fsp3) is 0.176. The van der Waals surface area contributed by atoms with Crippen LogP contribution < -0.4 is 4.80 Å². The van der Waals surface area contributed by atoms with E-state index >= 15 is 0 Å². The third-order valence-corrected chi connectivity index (χ3v) is 6.65. The molecule has 1 heterocycles. The maximum atomic E-state index is 13.3. The van der Waals surface area contributed by atoms with Gasteiger partial charge in [0.25, 0.3) is 5.91 Å². The molecule has 1 amide bonds. The van der Waals surface area contributed by atoms with Crippen molar-refractivity contribution in [3.05, 3.63) is 58.6 Å². The van der Waals surface area contributed by atoms with Crippen molar-refractivity contribution in [1.82, 2.24) is 4.57 Å². The van der Waals surface area contributed by atoms with Crippen molar-refractivity contribution in [2.75, 3.05) is 5.75 Å². The lowest BCUT2D eigenvalue weighted by Crippen LogP contribution is -2.13. The minimum atomic E-state index is -3.31. The largest absolute Gasteiger partial charge is 0.319 e. The van der Waals surface area contributed by atoms with Crippen LogP contribution in [0.4, 0.5) is 4.39 Å². The number of thiazole rings is 1. The standard InChI is InChI=1S/C17H15FN2O3S2/c1-3-25(22,23)13-7-4-11(5-8-13)16(21)19-17-20(2)14-9-6-12(18)10-15(14)24-17/h4-10H,3H2,1-2H3. The van der Waals surface area contributed by atoms with E-state index in [1.54, 1.807) is 24.6 Å². The zero-order valence-corrected chi connectivity index (χ0v) is 15.2. The average molecular weight is 378 g/mol. The van der Waals surface area contributed by atoms with Gasteiger partial charge in [0.2, 0.25) is 0 Å². The Morgan fingerprint density at radius 2 is 1.88 bits per heavy atom. The van der Waals surface area contributed by atoms with Crippen molar-refractivity contribution < 1.29 is 17.6 Å². The summed E-state index contributed by atoms with van der Waals surface area (Å²) >= 11 is 1.21. The summed E-state index contributed by atoms with van der Waals surface area (Å²) in [5, 5.41) is 0. The summed E-state index contributed by atoms with van der Waals surface area (Å²) < 4.78 is 39.3. The molecule has 130 valence electrons. The summed E-state index contributed by atoms with van der Waals surface area (Å²) in [4.78, 5) is 17.0. The molecule has 3 rings (SSSR count). The van der Waals surface area contributed by atoms with Crippen molar-refractivity contribution in [1.29, 1.82) is 0 Å². The highest BCUT2D eigenvalue weighted by molar-refractivity contribution is 7.91. The highest BCUT2D eigenvalue weighted by Gasteiger charge is 2.13. The molecule has 0 N–H and O–H groups in total. The van der Waals surface area contributed by atoms with E-state index in [2.05, 4.69) is 4.99 Å². The van der Waals surface area contributed by atoms with E-state index in [0.29, 0.717) is 15.1 Å². The van der Waals surface area contributed by atoms with Gasteiger partial charge in [0.05, 0.1) is 20.9 Å². The van der Waals surface area contributed by atoms with Crippen LogP contribution in [0.25, 0.3) is 10.2 Å². The Bertz CT molecular complexity index is 1130. The van der Waals surface area contributed by atoms with Crippen molar-refractivity contribution in [3.8, 4) is 0 Å². The molecule has 2 aromatic carbocycles. The van der Waals surface area contributed by atoms with Crippen LogP contribution in [-0.4, -0.2) is 24.6 Å². The Labute approximate surface area is 148 Å². The summed E-state index contributed by atoms with van der Waals surface area (Å²) in [6.45, 7) is 1.56. The van der Waals surface area contributed by atoms with E-state index in [1.807, 2.05) is 0 Å². The highest BCUT2D eigenvalue weighted by Crippen LogP contribution is 2.18. The number of hydrogen-bond donors (Lipinski definition) is 0. The molecular weight excluding hydrogens is 363 g/mol. The number of aromatic nitrogens is 1. The lowest BCUT2D eigenvalue weighted by Gasteiger charge is -2.01. The molecular formula is C17H15FN2O3S2. The predicted molar refractivity (Wildman–Crippen MR) is 94.8 cm³/mol. The van der Waals surface area contributed by atoms with Crippen molar-refractivity contribution in [2.45, 2.75) is 11.8 Å². The minimum Gasteiger partial charge on any atom is -0.319 e. The first-order chi connectivity index (χ1) is 11.8. The fourth-order valence-electron chi connectivity index (χ4n) is 2.34. The zero-order valence-electron chi connectivity index (χ0n) is 13.6. The second kappa shape index (κ2) is 6.53. The molecule has 8 heteroatoms. The van der Waals surface area contributed by atoms with E-state index in [1.165, 1.54) is 47.7 Å². The lowest BCUT2D eigenvalue weighted by atomic mass is 10.2. The molecule has 0 aliphatic heterocycles. The first-order valence-electron chi connectivity index (χ1n) is 7.49. The molecule has 0 bridgehead atoms. The SMILES string of the molecule is CCS(=O)(=O)c1ccc(C(=O)N=c2sc3cc(F)ccc3n2C)cc1. The molecule has 0 aliphatic carbocycles. The Morgan fingerprint density at radius 1 is 1.20 bits per heavy atom.